The van der Waals surface area contributed by atoms with E-state index in [4.69, 9.17) is 10.6 Å². The molecule has 0 aliphatic heterocycles. The average molecular weight is 180 g/mol. The molecule has 0 saturated carbocycles. The largest absolute Gasteiger partial charge is 0.496 e. The second-order valence-electron chi connectivity index (χ2n) is 3.01. The van der Waals surface area contributed by atoms with Crippen molar-refractivity contribution in [2.45, 2.75) is 13.3 Å². The molecular formula is C10H16N2O. The van der Waals surface area contributed by atoms with Crippen LogP contribution in [0.4, 0.5) is 0 Å². The molecule has 1 aromatic carbocycles. The first-order chi connectivity index (χ1) is 6.27. The van der Waals surface area contributed by atoms with Gasteiger partial charge in [0.15, 0.2) is 0 Å². The minimum atomic E-state index is 0.797. The molecule has 0 amide bonds. The summed E-state index contributed by atoms with van der Waals surface area (Å²) >= 11 is 0. The van der Waals surface area contributed by atoms with Gasteiger partial charge in [-0.15, -0.1) is 0 Å². The monoisotopic (exact) mass is 180 g/mol. The van der Waals surface area contributed by atoms with Gasteiger partial charge >= 0.3 is 0 Å². The lowest BCUT2D eigenvalue weighted by molar-refractivity contribution is 0.411. The van der Waals surface area contributed by atoms with Crippen LogP contribution < -0.4 is 16.0 Å². The molecule has 3 nitrogen and oxygen atoms in total. The van der Waals surface area contributed by atoms with E-state index in [1.807, 2.05) is 13.0 Å². The van der Waals surface area contributed by atoms with Gasteiger partial charge in [0.2, 0.25) is 0 Å². The zero-order valence-corrected chi connectivity index (χ0v) is 8.13. The third-order valence-corrected chi connectivity index (χ3v) is 2.02. The molecule has 0 bridgehead atoms. The number of aryl methyl sites for hydroxylation is 1. The van der Waals surface area contributed by atoms with Gasteiger partial charge in [0.1, 0.15) is 5.75 Å². The zero-order valence-electron chi connectivity index (χ0n) is 8.13. The summed E-state index contributed by atoms with van der Waals surface area (Å²) in [6, 6.07) is 6.17. The second-order valence-corrected chi connectivity index (χ2v) is 3.01. The highest BCUT2D eigenvalue weighted by Gasteiger charge is 1.98. The standard InChI is InChI=1S/C10H16N2O/c1-8-7-9(5-6-12-11)3-4-10(8)13-2/h3-4,7,12H,5-6,11H2,1-2H3. The third kappa shape index (κ3) is 2.72. The normalized spacial score (nSPS) is 10.1. The molecule has 72 valence electrons. The summed E-state index contributed by atoms with van der Waals surface area (Å²) < 4.78 is 5.16. The first kappa shape index (κ1) is 10.0. The molecule has 3 N–H and O–H groups in total. The number of hydrogen-bond acceptors (Lipinski definition) is 3. The maximum absolute atomic E-state index is 5.20. The lowest BCUT2D eigenvalue weighted by atomic mass is 10.1. The number of nitrogens with two attached hydrogens (primary N) is 1. The minimum absolute atomic E-state index is 0.797. The molecule has 0 aliphatic carbocycles. The van der Waals surface area contributed by atoms with Crippen LogP contribution in [0.5, 0.6) is 5.75 Å². The maximum atomic E-state index is 5.20. The smallest absolute Gasteiger partial charge is 0.121 e. The Labute approximate surface area is 78.9 Å². The summed E-state index contributed by atoms with van der Waals surface area (Å²) in [5, 5.41) is 0. The van der Waals surface area contributed by atoms with Crippen LogP contribution in [0.25, 0.3) is 0 Å². The summed E-state index contributed by atoms with van der Waals surface area (Å²) in [4.78, 5) is 0. The lowest BCUT2D eigenvalue weighted by Gasteiger charge is -2.06. The van der Waals surface area contributed by atoms with Gasteiger partial charge in [0.25, 0.3) is 0 Å². The summed E-state index contributed by atoms with van der Waals surface area (Å²) in [7, 11) is 1.68. The Morgan fingerprint density at radius 2 is 2.23 bits per heavy atom. The molecule has 0 spiro atoms. The van der Waals surface area contributed by atoms with Crippen LogP contribution >= 0.6 is 0 Å². The fourth-order valence-corrected chi connectivity index (χ4v) is 1.31. The second kappa shape index (κ2) is 4.84. The molecule has 0 aliphatic rings. The Balaban J connectivity index is 2.71. The van der Waals surface area contributed by atoms with E-state index < -0.39 is 0 Å². The summed E-state index contributed by atoms with van der Waals surface area (Å²) in [5.41, 5.74) is 5.07. The van der Waals surface area contributed by atoms with Crippen molar-refractivity contribution in [3.8, 4) is 5.75 Å². The van der Waals surface area contributed by atoms with Crippen molar-refractivity contribution in [2.75, 3.05) is 13.7 Å². The minimum Gasteiger partial charge on any atom is -0.496 e. The third-order valence-electron chi connectivity index (χ3n) is 2.02. The maximum Gasteiger partial charge on any atom is 0.121 e. The van der Waals surface area contributed by atoms with E-state index >= 15 is 0 Å². The number of ether oxygens (including phenoxy) is 1. The van der Waals surface area contributed by atoms with Gasteiger partial charge in [-0.2, -0.15) is 0 Å². The molecule has 0 atom stereocenters. The van der Waals surface area contributed by atoms with E-state index in [0.29, 0.717) is 0 Å². The summed E-state index contributed by atoms with van der Waals surface area (Å²) in [6.07, 6.45) is 0.946. The molecular weight excluding hydrogens is 164 g/mol. The molecule has 0 saturated heterocycles. The van der Waals surface area contributed by atoms with Crippen molar-refractivity contribution in [3.05, 3.63) is 29.3 Å². The zero-order chi connectivity index (χ0) is 9.68. The van der Waals surface area contributed by atoms with Crippen molar-refractivity contribution in [1.82, 2.24) is 5.43 Å². The summed E-state index contributed by atoms with van der Waals surface area (Å²) in [5.74, 6) is 6.13. The Morgan fingerprint density at radius 1 is 1.46 bits per heavy atom. The first-order valence-corrected chi connectivity index (χ1v) is 4.35. The van der Waals surface area contributed by atoms with E-state index in [9.17, 15) is 0 Å². The van der Waals surface area contributed by atoms with E-state index in [2.05, 4.69) is 17.6 Å². The number of hydrazine groups is 1. The van der Waals surface area contributed by atoms with Crippen LogP contribution in [0.1, 0.15) is 11.1 Å². The first-order valence-electron chi connectivity index (χ1n) is 4.35. The van der Waals surface area contributed by atoms with Crippen molar-refractivity contribution >= 4 is 0 Å². The van der Waals surface area contributed by atoms with E-state index in [0.717, 1.165) is 24.3 Å². The van der Waals surface area contributed by atoms with Crippen LogP contribution in [0.3, 0.4) is 0 Å². The molecule has 3 heteroatoms. The topological polar surface area (TPSA) is 47.3 Å². The Kier molecular flexibility index (Phi) is 3.73. The number of nitrogens with one attached hydrogen (secondary N) is 1. The molecule has 0 heterocycles. The molecule has 0 radical (unpaired) electrons. The van der Waals surface area contributed by atoms with Gasteiger partial charge in [-0.1, -0.05) is 12.1 Å². The number of methoxy groups -OCH3 is 1. The highest BCUT2D eigenvalue weighted by molar-refractivity contribution is 5.36. The predicted molar refractivity (Wildman–Crippen MR) is 53.6 cm³/mol. The van der Waals surface area contributed by atoms with Gasteiger partial charge in [-0.05, 0) is 30.5 Å². The van der Waals surface area contributed by atoms with Crippen LogP contribution in [0.2, 0.25) is 0 Å². The molecule has 0 fully saturated rings. The SMILES string of the molecule is COc1ccc(CCNN)cc1C. The number of hydrogen-bond donors (Lipinski definition) is 2. The quantitative estimate of drug-likeness (QED) is 0.537. The van der Waals surface area contributed by atoms with Gasteiger partial charge < -0.3 is 4.74 Å². The molecule has 0 aromatic heterocycles. The average Bonchev–Trinajstić information content (AvgIpc) is 2.15. The van der Waals surface area contributed by atoms with Crippen molar-refractivity contribution in [1.29, 1.82) is 0 Å². The van der Waals surface area contributed by atoms with Crippen LogP contribution in [0, 0.1) is 6.92 Å². The van der Waals surface area contributed by atoms with Gasteiger partial charge in [0, 0.05) is 6.54 Å². The van der Waals surface area contributed by atoms with Crippen molar-refractivity contribution in [3.63, 3.8) is 0 Å². The molecule has 1 rings (SSSR count). The van der Waals surface area contributed by atoms with E-state index in [1.54, 1.807) is 7.11 Å². The van der Waals surface area contributed by atoms with Crippen LogP contribution in [-0.4, -0.2) is 13.7 Å². The van der Waals surface area contributed by atoms with E-state index in [1.165, 1.54) is 5.56 Å². The molecule has 0 unspecified atom stereocenters. The van der Waals surface area contributed by atoms with Crippen molar-refractivity contribution in [2.24, 2.45) is 5.84 Å². The lowest BCUT2D eigenvalue weighted by Crippen LogP contribution is -2.24. The Bertz CT molecular complexity index is 274. The van der Waals surface area contributed by atoms with Gasteiger partial charge in [-0.3, -0.25) is 11.3 Å². The Hall–Kier alpha value is -1.06. The molecule has 13 heavy (non-hydrogen) atoms. The Morgan fingerprint density at radius 3 is 2.77 bits per heavy atom. The summed E-state index contributed by atoms with van der Waals surface area (Å²) in [6.45, 7) is 2.84. The predicted octanol–water partition coefficient (Wildman–Crippen LogP) is 1.01. The van der Waals surface area contributed by atoms with E-state index in [-0.39, 0.29) is 0 Å². The van der Waals surface area contributed by atoms with Crippen LogP contribution in [-0.2, 0) is 6.42 Å². The highest BCUT2D eigenvalue weighted by atomic mass is 16.5. The number of rotatable bonds is 4. The fourth-order valence-electron chi connectivity index (χ4n) is 1.31. The van der Waals surface area contributed by atoms with Crippen molar-refractivity contribution < 1.29 is 4.74 Å². The fraction of sp³-hybridized carbons (Fsp3) is 0.400. The number of benzene rings is 1. The molecule has 1 aromatic rings. The highest BCUT2D eigenvalue weighted by Crippen LogP contribution is 2.18. The van der Waals surface area contributed by atoms with Crippen LogP contribution in [0.15, 0.2) is 18.2 Å². The van der Waals surface area contributed by atoms with Gasteiger partial charge in [0.05, 0.1) is 7.11 Å². The van der Waals surface area contributed by atoms with Gasteiger partial charge in [-0.25, -0.2) is 0 Å².